The Balaban J connectivity index is 1.39. The summed E-state index contributed by atoms with van der Waals surface area (Å²) in [5.41, 5.74) is 1.25. The van der Waals surface area contributed by atoms with Crippen LogP contribution in [0.2, 0.25) is 0 Å². The number of likely N-dealkylation sites (tertiary alicyclic amines) is 1. The number of benzene rings is 1. The van der Waals surface area contributed by atoms with Crippen LogP contribution in [0, 0.1) is 18.3 Å². The summed E-state index contributed by atoms with van der Waals surface area (Å²) in [6.07, 6.45) is 3.34. The van der Waals surface area contributed by atoms with E-state index in [0.29, 0.717) is 43.2 Å². The van der Waals surface area contributed by atoms with Crippen molar-refractivity contribution in [2.45, 2.75) is 44.6 Å². The average molecular weight is 437 g/mol. The number of carbonyl (C=O) groups excluding carboxylic acids is 2. The van der Waals surface area contributed by atoms with Gasteiger partial charge in [-0.3, -0.25) is 9.59 Å². The number of hydrogen-bond acceptors (Lipinski definition) is 6. The van der Waals surface area contributed by atoms with E-state index in [4.69, 9.17) is 4.74 Å². The van der Waals surface area contributed by atoms with Crippen LogP contribution in [0.5, 0.6) is 0 Å². The molecule has 3 heterocycles. The standard InChI is InChI=1S/C23H24N4O3S/c1-15-20(31-22(25-15)26-16(2)28)18-8-9-19(30-18)21(29)27-12-10-23(14-24,11-13-27)17-6-4-3-5-7-17/h3-7,9,18H,8,10-13H2,1-2H3,(H,25,26,28). The van der Waals surface area contributed by atoms with E-state index in [1.54, 1.807) is 4.90 Å². The molecule has 1 aromatic carbocycles. The fourth-order valence-corrected chi connectivity index (χ4v) is 5.20. The number of nitrogens with one attached hydrogen (secondary N) is 1. The number of nitriles is 1. The molecule has 7 nitrogen and oxygen atoms in total. The first kappa shape index (κ1) is 21.1. The molecule has 4 rings (SSSR count). The largest absolute Gasteiger partial charge is 0.479 e. The molecule has 2 aliphatic heterocycles. The van der Waals surface area contributed by atoms with Crippen LogP contribution in [0.3, 0.4) is 0 Å². The van der Waals surface area contributed by atoms with Gasteiger partial charge in [0.2, 0.25) is 5.91 Å². The van der Waals surface area contributed by atoms with E-state index in [1.165, 1.54) is 18.3 Å². The van der Waals surface area contributed by atoms with Crippen molar-refractivity contribution in [3.05, 3.63) is 58.3 Å². The van der Waals surface area contributed by atoms with Crippen LogP contribution in [-0.4, -0.2) is 34.8 Å². The number of hydrogen-bond donors (Lipinski definition) is 1. The molecule has 0 spiro atoms. The molecular formula is C23H24N4O3S. The molecule has 1 N–H and O–H groups in total. The van der Waals surface area contributed by atoms with Crippen molar-refractivity contribution >= 4 is 28.3 Å². The Hall–Kier alpha value is -3.18. The molecule has 0 aliphatic carbocycles. The first-order valence-electron chi connectivity index (χ1n) is 10.3. The highest BCUT2D eigenvalue weighted by Crippen LogP contribution is 2.39. The van der Waals surface area contributed by atoms with E-state index in [9.17, 15) is 14.9 Å². The zero-order valence-electron chi connectivity index (χ0n) is 17.6. The Morgan fingerprint density at radius 3 is 2.65 bits per heavy atom. The smallest absolute Gasteiger partial charge is 0.288 e. The Labute approximate surface area is 185 Å². The van der Waals surface area contributed by atoms with Crippen LogP contribution in [0.25, 0.3) is 0 Å². The fourth-order valence-electron chi connectivity index (χ4n) is 4.14. The third-order valence-corrected chi connectivity index (χ3v) is 7.01. The minimum absolute atomic E-state index is 0.133. The maximum Gasteiger partial charge on any atom is 0.288 e. The second kappa shape index (κ2) is 8.52. The molecule has 2 aliphatic rings. The second-order valence-electron chi connectivity index (χ2n) is 7.91. The lowest BCUT2D eigenvalue weighted by molar-refractivity contribution is -0.132. The molecule has 160 valence electrons. The molecule has 0 bridgehead atoms. The molecule has 0 saturated carbocycles. The molecule has 1 aromatic heterocycles. The average Bonchev–Trinajstić information content (AvgIpc) is 3.40. The monoisotopic (exact) mass is 436 g/mol. The van der Waals surface area contributed by atoms with Crippen LogP contribution < -0.4 is 5.32 Å². The maximum absolute atomic E-state index is 13.0. The summed E-state index contributed by atoms with van der Waals surface area (Å²) in [5.74, 6) is 0.0464. The van der Waals surface area contributed by atoms with Gasteiger partial charge < -0.3 is 15.0 Å². The number of amides is 2. The minimum Gasteiger partial charge on any atom is -0.479 e. The third-order valence-electron chi connectivity index (χ3n) is 5.85. The van der Waals surface area contributed by atoms with Gasteiger partial charge in [0.25, 0.3) is 5.91 Å². The Morgan fingerprint density at radius 1 is 1.29 bits per heavy atom. The molecular weight excluding hydrogens is 412 g/mol. The fraction of sp³-hybridized carbons (Fsp3) is 0.391. The number of thiazole rings is 1. The van der Waals surface area contributed by atoms with E-state index in [0.717, 1.165) is 16.1 Å². The molecule has 1 saturated heterocycles. The van der Waals surface area contributed by atoms with Gasteiger partial charge in [-0.2, -0.15) is 5.26 Å². The quantitative estimate of drug-likeness (QED) is 0.786. The highest BCUT2D eigenvalue weighted by Gasteiger charge is 2.39. The summed E-state index contributed by atoms with van der Waals surface area (Å²) >= 11 is 1.37. The first-order valence-corrected chi connectivity index (χ1v) is 11.1. The van der Waals surface area contributed by atoms with Crippen LogP contribution >= 0.6 is 11.3 Å². The van der Waals surface area contributed by atoms with E-state index in [-0.39, 0.29) is 17.9 Å². The normalized spacial score (nSPS) is 19.8. The van der Waals surface area contributed by atoms with Gasteiger partial charge in [-0.05, 0) is 31.4 Å². The van der Waals surface area contributed by atoms with Gasteiger partial charge in [0.05, 0.1) is 22.1 Å². The van der Waals surface area contributed by atoms with Crippen LogP contribution in [0.15, 0.2) is 42.2 Å². The van der Waals surface area contributed by atoms with Gasteiger partial charge in [0, 0.05) is 26.4 Å². The van der Waals surface area contributed by atoms with Crippen molar-refractivity contribution < 1.29 is 14.3 Å². The Bertz CT molecular complexity index is 1060. The number of carbonyl (C=O) groups is 2. The van der Waals surface area contributed by atoms with E-state index in [1.807, 2.05) is 43.3 Å². The maximum atomic E-state index is 13.0. The van der Waals surface area contributed by atoms with Gasteiger partial charge in [0.1, 0.15) is 6.10 Å². The lowest BCUT2D eigenvalue weighted by Crippen LogP contribution is -2.45. The minimum atomic E-state index is -0.550. The van der Waals surface area contributed by atoms with E-state index >= 15 is 0 Å². The zero-order valence-corrected chi connectivity index (χ0v) is 18.4. The molecule has 2 amide bonds. The molecule has 1 unspecified atom stereocenters. The number of aryl methyl sites for hydroxylation is 1. The predicted octanol–water partition coefficient (Wildman–Crippen LogP) is 3.84. The molecule has 31 heavy (non-hydrogen) atoms. The zero-order chi connectivity index (χ0) is 22.0. The first-order chi connectivity index (χ1) is 14.9. The molecule has 1 fully saturated rings. The summed E-state index contributed by atoms with van der Waals surface area (Å²) in [4.78, 5) is 31.4. The third kappa shape index (κ3) is 4.19. The summed E-state index contributed by atoms with van der Waals surface area (Å²) in [7, 11) is 0. The highest BCUT2D eigenvalue weighted by molar-refractivity contribution is 7.16. The SMILES string of the molecule is CC(=O)Nc1nc(C)c(C2CC=C(C(=O)N3CCC(C#N)(c4ccccc4)CC3)O2)s1. The number of nitrogens with zero attached hydrogens (tertiary/aromatic N) is 3. The number of anilines is 1. The predicted molar refractivity (Wildman–Crippen MR) is 117 cm³/mol. The van der Waals surface area contributed by atoms with Gasteiger partial charge >= 0.3 is 0 Å². The summed E-state index contributed by atoms with van der Waals surface area (Å²) in [5, 5.41) is 13.1. The van der Waals surface area contributed by atoms with Crippen LogP contribution in [-0.2, 0) is 19.7 Å². The number of ether oxygens (including phenoxy) is 1. The molecule has 8 heteroatoms. The van der Waals surface area contributed by atoms with Crippen LogP contribution in [0.1, 0.15) is 48.4 Å². The van der Waals surface area contributed by atoms with Crippen molar-refractivity contribution in [2.24, 2.45) is 0 Å². The number of rotatable bonds is 4. The highest BCUT2D eigenvalue weighted by atomic mass is 32.1. The van der Waals surface area contributed by atoms with Gasteiger partial charge in [-0.15, -0.1) is 0 Å². The van der Waals surface area contributed by atoms with Crippen molar-refractivity contribution in [1.82, 2.24) is 9.88 Å². The Morgan fingerprint density at radius 2 is 2.00 bits per heavy atom. The van der Waals surface area contributed by atoms with Gasteiger partial charge in [-0.25, -0.2) is 4.98 Å². The Kier molecular flexibility index (Phi) is 5.79. The van der Waals surface area contributed by atoms with Gasteiger partial charge in [0.15, 0.2) is 10.9 Å². The summed E-state index contributed by atoms with van der Waals surface area (Å²) in [6.45, 7) is 4.34. The lowest BCUT2D eigenvalue weighted by atomic mass is 9.74. The van der Waals surface area contributed by atoms with Gasteiger partial charge in [-0.1, -0.05) is 41.7 Å². The molecule has 0 radical (unpaired) electrons. The number of aromatic nitrogens is 1. The summed E-state index contributed by atoms with van der Waals surface area (Å²) in [6, 6.07) is 12.3. The lowest BCUT2D eigenvalue weighted by Gasteiger charge is -2.37. The van der Waals surface area contributed by atoms with E-state index in [2.05, 4.69) is 16.4 Å². The van der Waals surface area contributed by atoms with Crippen molar-refractivity contribution in [2.75, 3.05) is 18.4 Å². The topological polar surface area (TPSA) is 95.3 Å². The molecule has 1 atom stereocenters. The second-order valence-corrected chi connectivity index (χ2v) is 8.94. The van der Waals surface area contributed by atoms with Crippen molar-refractivity contribution in [1.29, 1.82) is 5.26 Å². The molecule has 2 aromatic rings. The van der Waals surface area contributed by atoms with Crippen LogP contribution in [0.4, 0.5) is 5.13 Å². The summed E-state index contributed by atoms with van der Waals surface area (Å²) < 4.78 is 5.99. The van der Waals surface area contributed by atoms with Crippen molar-refractivity contribution in [3.63, 3.8) is 0 Å². The number of piperidine rings is 1. The van der Waals surface area contributed by atoms with Crippen molar-refractivity contribution in [3.8, 4) is 6.07 Å². The van der Waals surface area contributed by atoms with E-state index < -0.39 is 5.41 Å².